The Bertz CT molecular complexity index is 937. The molecule has 0 N–H and O–H groups in total. The average molecular weight is 356 g/mol. The minimum atomic E-state index is 0.0257. The number of hydrogen-bond acceptors (Lipinski definition) is 4. The van der Waals surface area contributed by atoms with Gasteiger partial charge in [-0.2, -0.15) is 0 Å². The summed E-state index contributed by atoms with van der Waals surface area (Å²) in [7, 11) is 0. The number of halogens is 1. The van der Waals surface area contributed by atoms with E-state index in [1.54, 1.807) is 43.3 Å². The van der Waals surface area contributed by atoms with Crippen molar-refractivity contribution in [3.63, 3.8) is 0 Å². The Hall–Kier alpha value is -2.59. The Morgan fingerprint density at radius 2 is 1.88 bits per heavy atom. The van der Waals surface area contributed by atoms with Crippen LogP contribution in [0.2, 0.25) is 5.02 Å². The highest BCUT2D eigenvalue weighted by Gasteiger charge is 2.09. The summed E-state index contributed by atoms with van der Waals surface area (Å²) >= 11 is 6.27. The number of nitrogens with zero attached hydrogens (tertiary/aromatic N) is 1. The second kappa shape index (κ2) is 7.11. The molecule has 0 fully saturated rings. The van der Waals surface area contributed by atoms with Gasteiger partial charge >= 0.3 is 0 Å². The van der Waals surface area contributed by atoms with Crippen molar-refractivity contribution in [3.05, 3.63) is 59.1 Å². The molecule has 0 amide bonds. The minimum absolute atomic E-state index is 0.0257. The molecular formula is C20H18ClNO3. The van der Waals surface area contributed by atoms with E-state index in [9.17, 15) is 4.79 Å². The third-order valence-corrected chi connectivity index (χ3v) is 3.86. The lowest BCUT2D eigenvalue weighted by Gasteiger charge is -2.12. The Labute approximate surface area is 151 Å². The maximum absolute atomic E-state index is 11.5. The van der Waals surface area contributed by atoms with E-state index in [4.69, 9.17) is 21.1 Å². The predicted molar refractivity (Wildman–Crippen MR) is 99.0 cm³/mol. The number of carbonyl (C=O) groups is 1. The van der Waals surface area contributed by atoms with E-state index in [1.165, 1.54) is 0 Å². The van der Waals surface area contributed by atoms with Gasteiger partial charge in [0.15, 0.2) is 5.78 Å². The van der Waals surface area contributed by atoms with Crippen LogP contribution in [0.15, 0.2) is 48.5 Å². The van der Waals surface area contributed by atoms with E-state index in [0.717, 1.165) is 10.9 Å². The first-order valence-electron chi connectivity index (χ1n) is 7.98. The topological polar surface area (TPSA) is 48.4 Å². The van der Waals surface area contributed by atoms with Crippen LogP contribution in [-0.4, -0.2) is 16.9 Å². The summed E-state index contributed by atoms with van der Waals surface area (Å²) in [5, 5.41) is 1.33. The van der Waals surface area contributed by atoms with Crippen LogP contribution in [0, 0.1) is 0 Å². The zero-order chi connectivity index (χ0) is 18.0. The molecule has 128 valence electrons. The number of hydrogen-bond donors (Lipinski definition) is 0. The van der Waals surface area contributed by atoms with Gasteiger partial charge in [-0.3, -0.25) is 4.79 Å². The van der Waals surface area contributed by atoms with Gasteiger partial charge in [0.1, 0.15) is 11.5 Å². The van der Waals surface area contributed by atoms with Crippen LogP contribution in [0.3, 0.4) is 0 Å². The van der Waals surface area contributed by atoms with Crippen molar-refractivity contribution in [1.82, 2.24) is 4.98 Å². The van der Waals surface area contributed by atoms with Gasteiger partial charge in [-0.25, -0.2) is 4.98 Å². The van der Waals surface area contributed by atoms with E-state index >= 15 is 0 Å². The van der Waals surface area contributed by atoms with Gasteiger partial charge in [0.2, 0.25) is 5.88 Å². The van der Waals surface area contributed by atoms with E-state index < -0.39 is 0 Å². The molecule has 0 atom stereocenters. The van der Waals surface area contributed by atoms with Crippen LogP contribution < -0.4 is 9.47 Å². The second-order valence-electron chi connectivity index (χ2n) is 5.97. The molecule has 5 heteroatoms. The summed E-state index contributed by atoms with van der Waals surface area (Å²) in [5.41, 5.74) is 1.41. The van der Waals surface area contributed by atoms with Crippen LogP contribution in [0.25, 0.3) is 10.9 Å². The largest absolute Gasteiger partial charge is 0.491 e. The van der Waals surface area contributed by atoms with Gasteiger partial charge in [0.05, 0.1) is 16.6 Å². The molecule has 0 unspecified atom stereocenters. The maximum atomic E-state index is 11.5. The third-order valence-electron chi connectivity index (χ3n) is 3.56. The van der Waals surface area contributed by atoms with Crippen molar-refractivity contribution in [1.29, 1.82) is 0 Å². The Kier molecular flexibility index (Phi) is 4.91. The summed E-state index contributed by atoms with van der Waals surface area (Å²) in [6.45, 7) is 5.45. The average Bonchev–Trinajstić information content (AvgIpc) is 2.56. The van der Waals surface area contributed by atoms with Crippen LogP contribution in [0.5, 0.6) is 17.4 Å². The van der Waals surface area contributed by atoms with Gasteiger partial charge in [-0.1, -0.05) is 11.6 Å². The van der Waals surface area contributed by atoms with Crippen LogP contribution in [0.1, 0.15) is 31.1 Å². The maximum Gasteiger partial charge on any atom is 0.219 e. The van der Waals surface area contributed by atoms with Crippen molar-refractivity contribution >= 4 is 28.3 Å². The molecule has 0 saturated carbocycles. The molecule has 0 aliphatic rings. The number of Topliss-reactive ketones (excluding diaryl/α,β-unsaturated/α-hetero) is 1. The van der Waals surface area contributed by atoms with Crippen LogP contribution in [-0.2, 0) is 0 Å². The number of carbonyl (C=O) groups excluding carboxylic acids is 1. The van der Waals surface area contributed by atoms with E-state index in [0.29, 0.717) is 28.0 Å². The Balaban J connectivity index is 1.85. The number of benzene rings is 2. The molecule has 0 spiro atoms. The third kappa shape index (κ3) is 4.09. The fourth-order valence-corrected chi connectivity index (χ4v) is 2.61. The number of fused-ring (bicyclic) bond motifs is 1. The summed E-state index contributed by atoms with van der Waals surface area (Å²) < 4.78 is 11.4. The quantitative estimate of drug-likeness (QED) is 0.553. The normalized spacial score (nSPS) is 10.9. The minimum Gasteiger partial charge on any atom is -0.491 e. The molecule has 1 heterocycles. The lowest BCUT2D eigenvalue weighted by molar-refractivity contribution is 0.101. The smallest absolute Gasteiger partial charge is 0.219 e. The number of pyridine rings is 1. The molecule has 2 aromatic carbocycles. The molecule has 0 radical (unpaired) electrons. The molecule has 0 saturated heterocycles. The first-order valence-corrected chi connectivity index (χ1v) is 8.36. The molecule has 3 aromatic rings. The molecule has 1 aromatic heterocycles. The van der Waals surface area contributed by atoms with Crippen LogP contribution in [0.4, 0.5) is 0 Å². The SMILES string of the molecule is CC(=O)c1ccc2nc(Oc3ccc(OC(C)C)cc3Cl)ccc2c1. The van der Waals surface area contributed by atoms with E-state index in [2.05, 4.69) is 4.98 Å². The van der Waals surface area contributed by atoms with E-state index in [-0.39, 0.29) is 11.9 Å². The van der Waals surface area contributed by atoms with Gasteiger partial charge in [0.25, 0.3) is 0 Å². The Morgan fingerprint density at radius 1 is 1.08 bits per heavy atom. The second-order valence-corrected chi connectivity index (χ2v) is 6.38. The van der Waals surface area contributed by atoms with E-state index in [1.807, 2.05) is 26.0 Å². The number of rotatable bonds is 5. The zero-order valence-electron chi connectivity index (χ0n) is 14.2. The summed E-state index contributed by atoms with van der Waals surface area (Å²) in [6, 6.07) is 14.3. The fourth-order valence-electron chi connectivity index (χ4n) is 2.41. The summed E-state index contributed by atoms with van der Waals surface area (Å²) in [5.74, 6) is 1.65. The first kappa shape index (κ1) is 17.2. The molecular weight excluding hydrogens is 338 g/mol. The van der Waals surface area contributed by atoms with Crippen LogP contribution >= 0.6 is 11.6 Å². The number of aromatic nitrogens is 1. The first-order chi connectivity index (χ1) is 11.9. The number of ether oxygens (including phenoxy) is 2. The monoisotopic (exact) mass is 355 g/mol. The van der Waals surface area contributed by atoms with Crippen molar-refractivity contribution in [3.8, 4) is 17.4 Å². The highest BCUT2D eigenvalue weighted by atomic mass is 35.5. The lowest BCUT2D eigenvalue weighted by atomic mass is 10.1. The summed E-state index contributed by atoms with van der Waals surface area (Å²) in [4.78, 5) is 15.9. The van der Waals surface area contributed by atoms with Gasteiger partial charge in [-0.05, 0) is 57.2 Å². The highest BCUT2D eigenvalue weighted by Crippen LogP contribution is 2.32. The van der Waals surface area contributed by atoms with Gasteiger partial charge in [-0.15, -0.1) is 0 Å². The molecule has 0 aliphatic heterocycles. The van der Waals surface area contributed by atoms with Crippen molar-refractivity contribution < 1.29 is 14.3 Å². The van der Waals surface area contributed by atoms with Gasteiger partial charge < -0.3 is 9.47 Å². The standard InChI is InChI=1S/C20H18ClNO3/c1-12(2)24-16-6-8-19(17(21)11-16)25-20-9-5-15-10-14(13(3)23)4-7-18(15)22-20/h4-12H,1-3H3. The molecule has 0 aliphatic carbocycles. The molecule has 25 heavy (non-hydrogen) atoms. The molecule has 4 nitrogen and oxygen atoms in total. The molecule has 3 rings (SSSR count). The number of ketones is 1. The lowest BCUT2D eigenvalue weighted by Crippen LogP contribution is -2.05. The van der Waals surface area contributed by atoms with Crippen molar-refractivity contribution in [2.24, 2.45) is 0 Å². The highest BCUT2D eigenvalue weighted by molar-refractivity contribution is 6.32. The fraction of sp³-hybridized carbons (Fsp3) is 0.200. The van der Waals surface area contributed by atoms with Crippen molar-refractivity contribution in [2.75, 3.05) is 0 Å². The van der Waals surface area contributed by atoms with Gasteiger partial charge in [0, 0.05) is 23.1 Å². The summed E-state index contributed by atoms with van der Waals surface area (Å²) in [6.07, 6.45) is 0.0740. The zero-order valence-corrected chi connectivity index (χ0v) is 15.0. The Morgan fingerprint density at radius 3 is 2.56 bits per heavy atom. The molecule has 0 bridgehead atoms. The predicted octanol–water partition coefficient (Wildman–Crippen LogP) is 5.67. The van der Waals surface area contributed by atoms with Crippen molar-refractivity contribution in [2.45, 2.75) is 26.9 Å².